The lowest BCUT2D eigenvalue weighted by Crippen LogP contribution is -2.30. The van der Waals surface area contributed by atoms with Crippen LogP contribution in [0.25, 0.3) is 0 Å². The molecule has 0 aromatic rings. The fourth-order valence-corrected chi connectivity index (χ4v) is 2.68. The minimum Gasteiger partial charge on any atom is -0.464 e. The number of nitrogens with zero attached hydrogens (tertiary/aromatic N) is 1. The quantitative estimate of drug-likeness (QED) is 0.406. The van der Waals surface area contributed by atoms with E-state index >= 15 is 0 Å². The van der Waals surface area contributed by atoms with Crippen molar-refractivity contribution in [3.8, 4) is 0 Å². The van der Waals surface area contributed by atoms with Crippen LogP contribution in [0.4, 0.5) is 0 Å². The van der Waals surface area contributed by atoms with E-state index in [9.17, 15) is 9.59 Å². The molecule has 0 aliphatic heterocycles. The highest BCUT2D eigenvalue weighted by Gasteiger charge is 2.59. The van der Waals surface area contributed by atoms with Crippen molar-refractivity contribution < 1.29 is 19.2 Å². The molecule has 1 aliphatic rings. The van der Waals surface area contributed by atoms with Crippen LogP contribution in [0.2, 0.25) is 0 Å². The van der Waals surface area contributed by atoms with Crippen LogP contribution < -0.4 is 0 Å². The Balaban J connectivity index is 0.00000232. The highest BCUT2D eigenvalue weighted by molar-refractivity contribution is 5.81. The van der Waals surface area contributed by atoms with E-state index in [2.05, 4.69) is 34.3 Å². The van der Waals surface area contributed by atoms with E-state index in [0.717, 1.165) is 18.9 Å². The molecule has 2 unspecified atom stereocenters. The first-order chi connectivity index (χ1) is 10.6. The first kappa shape index (κ1) is 21.6. The Bertz CT molecular complexity index is 414. The minimum atomic E-state index is -0.524. The number of rotatable bonds is 7. The van der Waals surface area contributed by atoms with Gasteiger partial charge in [-0.2, -0.15) is 0 Å². The molecule has 0 heterocycles. The Labute approximate surface area is 141 Å². The molecule has 0 saturated heterocycles. The zero-order valence-corrected chi connectivity index (χ0v) is 15.8. The van der Waals surface area contributed by atoms with Crippen LogP contribution in [0.5, 0.6) is 0 Å². The summed E-state index contributed by atoms with van der Waals surface area (Å²) in [4.78, 5) is 28.2. The summed E-state index contributed by atoms with van der Waals surface area (Å²) >= 11 is 0. The average molecular weight is 327 g/mol. The van der Waals surface area contributed by atoms with Gasteiger partial charge in [0.05, 0.1) is 12.0 Å². The van der Waals surface area contributed by atoms with Crippen molar-refractivity contribution in [2.24, 2.45) is 16.7 Å². The Kier molecular flexibility index (Phi) is 8.53. The second-order valence-electron chi connectivity index (χ2n) is 7.10. The van der Waals surface area contributed by atoms with E-state index in [4.69, 9.17) is 9.57 Å². The predicted octanol–water partition coefficient (Wildman–Crippen LogP) is 3.59. The number of ether oxygens (including phenoxy) is 1. The Morgan fingerprint density at radius 1 is 1.35 bits per heavy atom. The van der Waals surface area contributed by atoms with Gasteiger partial charge in [0.2, 0.25) is 0 Å². The maximum absolute atomic E-state index is 12.3. The first-order valence-electron chi connectivity index (χ1n) is 8.33. The Morgan fingerprint density at radius 3 is 2.26 bits per heavy atom. The molecular formula is C18H33NO4. The number of hydrogen-bond acceptors (Lipinski definition) is 5. The number of hydroxylamine groups is 2. The van der Waals surface area contributed by atoms with Gasteiger partial charge in [-0.1, -0.05) is 48.1 Å². The van der Waals surface area contributed by atoms with Gasteiger partial charge in [0, 0.05) is 13.1 Å². The Morgan fingerprint density at radius 2 is 1.87 bits per heavy atom. The van der Waals surface area contributed by atoms with Gasteiger partial charge in [-0.25, -0.2) is 4.79 Å². The van der Waals surface area contributed by atoms with Crippen LogP contribution in [-0.4, -0.2) is 37.2 Å². The first-order valence-corrected chi connectivity index (χ1v) is 8.33. The number of likely N-dealkylation sites (N-methyl/N-ethyl adjacent to an activating group) is 1. The Hall–Kier alpha value is -1.36. The molecule has 2 atom stereocenters. The molecule has 0 radical (unpaired) electrons. The summed E-state index contributed by atoms with van der Waals surface area (Å²) < 4.78 is 5.37. The molecule has 1 aliphatic carbocycles. The third-order valence-electron chi connectivity index (χ3n) is 3.76. The van der Waals surface area contributed by atoms with E-state index in [0.29, 0.717) is 12.5 Å². The van der Waals surface area contributed by atoms with Crippen molar-refractivity contribution in [1.82, 2.24) is 5.06 Å². The van der Waals surface area contributed by atoms with E-state index in [1.807, 2.05) is 13.8 Å². The SMILES string of the molecule is C=CC(=O)ON(C)CCOC(=O)C1(CC(C)(C)C)CC1C.CC. The zero-order valence-electron chi connectivity index (χ0n) is 15.8. The number of hydrogen-bond donors (Lipinski definition) is 0. The largest absolute Gasteiger partial charge is 0.464 e. The molecular weight excluding hydrogens is 294 g/mol. The molecule has 1 saturated carbocycles. The molecule has 0 amide bonds. The fourth-order valence-electron chi connectivity index (χ4n) is 2.68. The fraction of sp³-hybridized carbons (Fsp3) is 0.778. The van der Waals surface area contributed by atoms with Gasteiger partial charge in [-0.05, 0) is 24.2 Å². The van der Waals surface area contributed by atoms with E-state index in [1.54, 1.807) is 7.05 Å². The molecule has 0 spiro atoms. The van der Waals surface area contributed by atoms with E-state index < -0.39 is 5.97 Å². The van der Waals surface area contributed by atoms with Crippen LogP contribution >= 0.6 is 0 Å². The summed E-state index contributed by atoms with van der Waals surface area (Å²) in [5.41, 5.74) is -0.228. The third kappa shape index (κ3) is 7.16. The van der Waals surface area contributed by atoms with Crippen LogP contribution in [-0.2, 0) is 19.2 Å². The normalized spacial score (nSPS) is 22.7. The lowest BCUT2D eigenvalue weighted by atomic mass is 9.81. The standard InChI is InChI=1S/C16H27NO4.C2H6/c1-7-13(18)21-17(6)8-9-20-14(19)16(10-12(16)2)11-15(3,4)5;1-2/h7,12H,1,8-11H2,2-6H3;1-2H3. The molecule has 5 nitrogen and oxygen atoms in total. The van der Waals surface area contributed by atoms with Crippen LogP contribution in [0, 0.1) is 16.7 Å². The maximum atomic E-state index is 12.3. The maximum Gasteiger partial charge on any atom is 0.349 e. The highest BCUT2D eigenvalue weighted by Crippen LogP contribution is 2.59. The van der Waals surface area contributed by atoms with Crippen molar-refractivity contribution in [2.45, 2.75) is 54.4 Å². The van der Waals surface area contributed by atoms with Gasteiger partial charge >= 0.3 is 11.9 Å². The summed E-state index contributed by atoms with van der Waals surface area (Å²) in [6.45, 7) is 16.4. The molecule has 0 aromatic carbocycles. The van der Waals surface area contributed by atoms with Crippen molar-refractivity contribution in [2.75, 3.05) is 20.2 Å². The van der Waals surface area contributed by atoms with Gasteiger partial charge < -0.3 is 9.57 Å². The van der Waals surface area contributed by atoms with Gasteiger partial charge in [0.15, 0.2) is 0 Å². The van der Waals surface area contributed by atoms with Gasteiger partial charge in [0.25, 0.3) is 0 Å². The number of carbonyl (C=O) groups is 2. The minimum absolute atomic E-state index is 0.0973. The topological polar surface area (TPSA) is 55.8 Å². The van der Waals surface area contributed by atoms with Crippen molar-refractivity contribution in [3.05, 3.63) is 12.7 Å². The average Bonchev–Trinajstić information content (AvgIpc) is 3.09. The second-order valence-corrected chi connectivity index (χ2v) is 7.10. The van der Waals surface area contributed by atoms with E-state index in [1.165, 1.54) is 5.06 Å². The monoisotopic (exact) mass is 327 g/mol. The van der Waals surface area contributed by atoms with Crippen molar-refractivity contribution in [3.63, 3.8) is 0 Å². The van der Waals surface area contributed by atoms with Crippen LogP contribution in [0.3, 0.4) is 0 Å². The summed E-state index contributed by atoms with van der Waals surface area (Å²) in [5, 5.41) is 1.34. The van der Waals surface area contributed by atoms with Crippen molar-refractivity contribution in [1.29, 1.82) is 0 Å². The zero-order chi connectivity index (χ0) is 18.3. The number of carbonyl (C=O) groups excluding carboxylic acids is 2. The predicted molar refractivity (Wildman–Crippen MR) is 91.5 cm³/mol. The molecule has 23 heavy (non-hydrogen) atoms. The molecule has 1 rings (SSSR count). The molecule has 134 valence electrons. The van der Waals surface area contributed by atoms with Crippen LogP contribution in [0.15, 0.2) is 12.7 Å². The highest BCUT2D eigenvalue weighted by atomic mass is 16.7. The summed E-state index contributed by atoms with van der Waals surface area (Å²) in [5.74, 6) is -0.280. The summed E-state index contributed by atoms with van der Waals surface area (Å²) in [6, 6.07) is 0. The molecule has 1 fully saturated rings. The molecule has 0 bridgehead atoms. The van der Waals surface area contributed by atoms with Gasteiger partial charge in [0.1, 0.15) is 6.61 Å². The molecule has 0 aromatic heterocycles. The van der Waals surface area contributed by atoms with Gasteiger partial charge in [-0.15, -0.1) is 5.06 Å². The number of esters is 1. The second kappa shape index (κ2) is 9.06. The third-order valence-corrected chi connectivity index (χ3v) is 3.76. The summed E-state index contributed by atoms with van der Waals surface area (Å²) in [6.07, 6.45) is 2.82. The van der Waals surface area contributed by atoms with Crippen LogP contribution in [0.1, 0.15) is 54.4 Å². The lowest BCUT2D eigenvalue weighted by molar-refractivity contribution is -0.181. The van der Waals surface area contributed by atoms with Crippen molar-refractivity contribution >= 4 is 11.9 Å². The summed E-state index contributed by atoms with van der Waals surface area (Å²) in [7, 11) is 1.61. The smallest absolute Gasteiger partial charge is 0.349 e. The molecule has 5 heteroatoms. The lowest BCUT2D eigenvalue weighted by Gasteiger charge is -2.25. The molecule has 0 N–H and O–H groups in total. The van der Waals surface area contributed by atoms with E-state index in [-0.39, 0.29) is 23.4 Å². The van der Waals surface area contributed by atoms with Gasteiger partial charge in [-0.3, -0.25) is 4.79 Å².